The Morgan fingerprint density at radius 3 is 2.42 bits per heavy atom. The van der Waals surface area contributed by atoms with E-state index in [1.54, 1.807) is 41.6 Å². The van der Waals surface area contributed by atoms with Gasteiger partial charge in [-0.3, -0.25) is 9.71 Å². The molecule has 13 heteroatoms. The zero-order chi connectivity index (χ0) is 27.7. The first kappa shape index (κ1) is 26.6. The Hall–Kier alpha value is -3.58. The summed E-state index contributed by atoms with van der Waals surface area (Å²) in [7, 11) is -3.93. The van der Waals surface area contributed by atoms with Crippen molar-refractivity contribution in [2.45, 2.75) is 12.8 Å². The van der Waals surface area contributed by atoms with Crippen LogP contribution in [0.1, 0.15) is 12.8 Å². The minimum atomic E-state index is -3.93. The average molecular weight is 583 g/mol. The van der Waals surface area contributed by atoms with Crippen molar-refractivity contribution < 1.29 is 12.8 Å². The summed E-state index contributed by atoms with van der Waals surface area (Å²) in [5.74, 6) is -0.193. The van der Waals surface area contributed by atoms with Crippen LogP contribution in [0.4, 0.5) is 15.8 Å². The lowest BCUT2D eigenvalue weighted by molar-refractivity contribution is 0.482. The molecule has 6 rings (SSSR count). The van der Waals surface area contributed by atoms with Gasteiger partial charge in [-0.2, -0.15) is 17.8 Å². The summed E-state index contributed by atoms with van der Waals surface area (Å²) < 4.78 is 47.1. The maximum Gasteiger partial charge on any atom is 0.301 e. The van der Waals surface area contributed by atoms with E-state index in [9.17, 15) is 8.42 Å². The minimum absolute atomic E-state index is 0.113. The first-order valence-corrected chi connectivity index (χ1v) is 14.9. The Morgan fingerprint density at radius 1 is 0.975 bits per heavy atom. The largest absolute Gasteiger partial charge is 0.368 e. The summed E-state index contributed by atoms with van der Waals surface area (Å²) in [6, 6.07) is 10.2. The molecule has 0 atom stereocenters. The molecule has 2 fully saturated rings. The van der Waals surface area contributed by atoms with Crippen molar-refractivity contribution in [3.63, 3.8) is 0 Å². The van der Waals surface area contributed by atoms with Crippen LogP contribution >= 0.6 is 11.6 Å². The van der Waals surface area contributed by atoms with E-state index < -0.39 is 16.0 Å². The molecule has 0 saturated carbocycles. The first-order valence-electron chi connectivity index (χ1n) is 13.1. The molecule has 2 aliphatic rings. The third-order valence-electron chi connectivity index (χ3n) is 7.09. The second-order valence-corrected chi connectivity index (χ2v) is 11.8. The molecule has 2 aliphatic heterocycles. The van der Waals surface area contributed by atoms with E-state index in [1.807, 2.05) is 12.1 Å². The van der Waals surface area contributed by atoms with Gasteiger partial charge in [-0.15, -0.1) is 0 Å². The van der Waals surface area contributed by atoms with E-state index >= 15 is 4.39 Å². The van der Waals surface area contributed by atoms with Crippen LogP contribution < -0.4 is 14.9 Å². The molecule has 0 aliphatic carbocycles. The molecule has 2 N–H and O–H groups in total. The molecule has 40 heavy (non-hydrogen) atoms. The standard InChI is InChI=1S/C27H28ClFN8O2S/c28-20-15-22(26(29)24(16-20)34-40(38,39)36-11-1-2-12-36)23-18-37(33-27(23)19-5-7-30-8-6-19)25-4-3-21(17-32-25)35-13-9-31-10-14-35/h3-8,15-18,31,34H,1-2,9-14H2. The molecule has 5 heterocycles. The Kier molecular flexibility index (Phi) is 7.41. The zero-order valence-electron chi connectivity index (χ0n) is 21.6. The van der Waals surface area contributed by atoms with E-state index in [0.717, 1.165) is 44.7 Å². The van der Waals surface area contributed by atoms with Gasteiger partial charge >= 0.3 is 10.2 Å². The number of anilines is 2. The van der Waals surface area contributed by atoms with Gasteiger partial charge < -0.3 is 10.2 Å². The number of nitrogens with one attached hydrogen (secondary N) is 2. The van der Waals surface area contributed by atoms with Gasteiger partial charge in [0.2, 0.25) is 0 Å². The number of piperazine rings is 1. The molecule has 0 bridgehead atoms. The van der Waals surface area contributed by atoms with Gasteiger partial charge in [0.15, 0.2) is 11.6 Å². The molecule has 10 nitrogen and oxygen atoms in total. The lowest BCUT2D eigenvalue weighted by atomic mass is 10.0. The van der Waals surface area contributed by atoms with Crippen molar-refractivity contribution in [1.29, 1.82) is 0 Å². The third kappa shape index (κ3) is 5.39. The van der Waals surface area contributed by atoms with Crippen molar-refractivity contribution in [1.82, 2.24) is 29.4 Å². The molecule has 0 spiro atoms. The average Bonchev–Trinajstić information content (AvgIpc) is 3.68. The van der Waals surface area contributed by atoms with Gasteiger partial charge in [-0.1, -0.05) is 11.6 Å². The van der Waals surface area contributed by atoms with E-state index in [2.05, 4.69) is 24.9 Å². The minimum Gasteiger partial charge on any atom is -0.368 e. The third-order valence-corrected chi connectivity index (χ3v) is 8.83. The Morgan fingerprint density at radius 2 is 1.73 bits per heavy atom. The second kappa shape index (κ2) is 11.1. The van der Waals surface area contributed by atoms with Crippen LogP contribution in [-0.4, -0.2) is 71.7 Å². The summed E-state index contributed by atoms with van der Waals surface area (Å²) in [5, 5.41) is 8.28. The van der Waals surface area contributed by atoms with Crippen LogP contribution in [-0.2, 0) is 10.2 Å². The Labute approximate surface area is 237 Å². The normalized spacial score (nSPS) is 16.4. The van der Waals surface area contributed by atoms with Crippen molar-refractivity contribution in [3.8, 4) is 28.2 Å². The van der Waals surface area contributed by atoms with E-state index in [4.69, 9.17) is 16.7 Å². The molecule has 1 aromatic carbocycles. The molecule has 0 amide bonds. The van der Waals surface area contributed by atoms with Crippen LogP contribution in [0, 0.1) is 5.82 Å². The van der Waals surface area contributed by atoms with Gasteiger partial charge in [-0.25, -0.2) is 14.1 Å². The first-order chi connectivity index (χ1) is 19.4. The number of nitrogens with zero attached hydrogens (tertiary/aromatic N) is 6. The molecule has 0 unspecified atom stereocenters. The fourth-order valence-electron chi connectivity index (χ4n) is 5.03. The molecule has 0 radical (unpaired) electrons. The highest BCUT2D eigenvalue weighted by Gasteiger charge is 2.28. The molecule has 4 aromatic rings. The molecular weight excluding hydrogens is 555 g/mol. The van der Waals surface area contributed by atoms with Crippen LogP contribution in [0.2, 0.25) is 5.02 Å². The summed E-state index contributed by atoms with van der Waals surface area (Å²) in [5.41, 5.74) is 2.52. The topological polar surface area (TPSA) is 108 Å². The number of rotatable bonds is 7. The van der Waals surface area contributed by atoms with Crippen molar-refractivity contribution >= 4 is 33.2 Å². The summed E-state index contributed by atoms with van der Waals surface area (Å²) >= 11 is 6.40. The van der Waals surface area contributed by atoms with Gasteiger partial charge in [0, 0.05) is 79.6 Å². The fraction of sp³-hybridized carbons (Fsp3) is 0.296. The molecule has 2 saturated heterocycles. The van der Waals surface area contributed by atoms with E-state index in [-0.39, 0.29) is 16.3 Å². The van der Waals surface area contributed by atoms with Gasteiger partial charge in [0.25, 0.3) is 0 Å². The van der Waals surface area contributed by atoms with Gasteiger partial charge in [-0.05, 0) is 49.2 Å². The maximum absolute atomic E-state index is 16.0. The number of aromatic nitrogens is 4. The maximum atomic E-state index is 16.0. The molecule has 3 aromatic heterocycles. The number of benzene rings is 1. The summed E-state index contributed by atoms with van der Waals surface area (Å²) in [6.45, 7) is 4.42. The highest BCUT2D eigenvalue weighted by molar-refractivity contribution is 7.90. The van der Waals surface area contributed by atoms with Crippen molar-refractivity contribution in [2.24, 2.45) is 0 Å². The summed E-state index contributed by atoms with van der Waals surface area (Å²) in [4.78, 5) is 11.0. The van der Waals surface area contributed by atoms with Gasteiger partial charge in [0.1, 0.15) is 5.69 Å². The number of hydrogen-bond donors (Lipinski definition) is 2. The van der Waals surface area contributed by atoms with Crippen LogP contribution in [0.15, 0.2) is 61.2 Å². The lowest BCUT2D eigenvalue weighted by Gasteiger charge is -2.29. The Balaban J connectivity index is 1.40. The second-order valence-electron chi connectivity index (χ2n) is 9.71. The van der Waals surface area contributed by atoms with E-state index in [0.29, 0.717) is 35.7 Å². The quantitative estimate of drug-likeness (QED) is 0.340. The molecular formula is C27H28ClFN8O2S. The Bertz CT molecular complexity index is 1600. The van der Waals surface area contributed by atoms with E-state index in [1.165, 1.54) is 16.4 Å². The zero-order valence-corrected chi connectivity index (χ0v) is 23.2. The monoisotopic (exact) mass is 582 g/mol. The van der Waals surface area contributed by atoms with Crippen molar-refractivity contribution in [2.75, 3.05) is 48.9 Å². The lowest BCUT2D eigenvalue weighted by Crippen LogP contribution is -2.43. The highest BCUT2D eigenvalue weighted by atomic mass is 35.5. The van der Waals surface area contributed by atoms with Gasteiger partial charge in [0.05, 0.1) is 17.6 Å². The number of pyridine rings is 2. The SMILES string of the molecule is O=S(=O)(Nc1cc(Cl)cc(-c2cn(-c3ccc(N4CCNCC4)cn3)nc2-c2ccncc2)c1F)N1CCCC1. The highest BCUT2D eigenvalue weighted by Crippen LogP contribution is 2.38. The van der Waals surface area contributed by atoms with Crippen LogP contribution in [0.25, 0.3) is 28.2 Å². The van der Waals surface area contributed by atoms with Crippen LogP contribution in [0.5, 0.6) is 0 Å². The predicted octanol–water partition coefficient (Wildman–Crippen LogP) is 3.95. The predicted molar refractivity (Wildman–Crippen MR) is 153 cm³/mol. The fourth-order valence-corrected chi connectivity index (χ4v) is 6.54. The number of hydrogen-bond acceptors (Lipinski definition) is 7. The van der Waals surface area contributed by atoms with Crippen LogP contribution in [0.3, 0.4) is 0 Å². The smallest absolute Gasteiger partial charge is 0.301 e. The molecule has 208 valence electrons. The van der Waals surface area contributed by atoms with Crippen molar-refractivity contribution in [3.05, 3.63) is 72.0 Å². The number of halogens is 2. The summed E-state index contributed by atoms with van der Waals surface area (Å²) in [6.07, 6.45) is 8.27.